The highest BCUT2D eigenvalue weighted by atomic mass is 32.1. The van der Waals surface area contributed by atoms with Crippen molar-refractivity contribution in [3.05, 3.63) is 163 Å². The molecule has 240 valence electrons. The second-order valence-electron chi connectivity index (χ2n) is 13.1. The number of para-hydroxylation sites is 1. The lowest BCUT2D eigenvalue weighted by Gasteiger charge is -2.19. The third-order valence-electron chi connectivity index (χ3n) is 10.2. The molecule has 0 atom stereocenters. The van der Waals surface area contributed by atoms with Gasteiger partial charge in [0.25, 0.3) is 0 Å². The van der Waals surface area contributed by atoms with Crippen molar-refractivity contribution in [2.45, 2.75) is 11.8 Å². The zero-order chi connectivity index (χ0) is 34.1. The number of hydrogen-bond acceptors (Lipinski definition) is 4. The van der Waals surface area contributed by atoms with Gasteiger partial charge in [-0.3, -0.25) is 0 Å². The molecule has 0 aliphatic heterocycles. The Morgan fingerprint density at radius 2 is 1.06 bits per heavy atom. The first-order valence-corrected chi connectivity index (χ1v) is 17.6. The van der Waals surface area contributed by atoms with E-state index in [4.69, 9.17) is 27.0 Å². The molecule has 2 heterocycles. The van der Waals surface area contributed by atoms with Crippen molar-refractivity contribution in [2.75, 3.05) is 0 Å². The molecule has 2 aromatic heterocycles. The molecule has 0 unspecified atom stereocenters. The fourth-order valence-corrected chi connectivity index (χ4v) is 8.09. The van der Waals surface area contributed by atoms with E-state index in [1.165, 1.54) is 37.9 Å². The highest BCUT2D eigenvalue weighted by Gasteiger charge is 2.22. The summed E-state index contributed by atoms with van der Waals surface area (Å²) in [6.07, 6.45) is 0. The predicted octanol–water partition coefficient (Wildman–Crippen LogP) is 13.1. The van der Waals surface area contributed by atoms with Crippen molar-refractivity contribution in [1.82, 2.24) is 9.97 Å². The highest BCUT2D eigenvalue weighted by molar-refractivity contribution is 7.80. The summed E-state index contributed by atoms with van der Waals surface area (Å²) in [5.74, 6) is 0.655. The van der Waals surface area contributed by atoms with E-state index in [0.29, 0.717) is 11.4 Å². The Kier molecular flexibility index (Phi) is 6.80. The van der Waals surface area contributed by atoms with Gasteiger partial charge in [0.1, 0.15) is 16.8 Å². The summed E-state index contributed by atoms with van der Waals surface area (Å²) in [6.45, 7) is 2.22. The maximum absolute atomic E-state index is 6.45. The number of furan rings is 1. The summed E-state index contributed by atoms with van der Waals surface area (Å²) in [7, 11) is 0. The second-order valence-corrected chi connectivity index (χ2v) is 13.6. The summed E-state index contributed by atoms with van der Waals surface area (Å²) in [4.78, 5) is 11.5. The minimum Gasteiger partial charge on any atom is -0.452 e. The van der Waals surface area contributed by atoms with Gasteiger partial charge in [-0.15, -0.1) is 12.6 Å². The number of hydrogen-bond donors (Lipinski definition) is 1. The maximum Gasteiger partial charge on any atom is 0.180 e. The Morgan fingerprint density at radius 1 is 0.471 bits per heavy atom. The maximum atomic E-state index is 6.45. The van der Waals surface area contributed by atoms with E-state index < -0.39 is 0 Å². The zero-order valence-corrected chi connectivity index (χ0v) is 28.7. The molecule has 0 amide bonds. The molecule has 0 aliphatic carbocycles. The van der Waals surface area contributed by atoms with Gasteiger partial charge in [0.15, 0.2) is 11.4 Å². The lowest BCUT2D eigenvalue weighted by molar-refractivity contribution is 0.667. The fourth-order valence-electron chi connectivity index (χ4n) is 7.81. The van der Waals surface area contributed by atoms with Crippen molar-refractivity contribution >= 4 is 67.0 Å². The van der Waals surface area contributed by atoms with E-state index in [0.717, 1.165) is 60.5 Å². The molecular weight excluding hydrogens is 641 g/mol. The molecule has 10 rings (SSSR count). The Morgan fingerprint density at radius 3 is 1.82 bits per heavy atom. The molecule has 10 aromatic rings. The predicted molar refractivity (Wildman–Crippen MR) is 216 cm³/mol. The third kappa shape index (κ3) is 4.68. The smallest absolute Gasteiger partial charge is 0.180 e. The van der Waals surface area contributed by atoms with Gasteiger partial charge in [-0.05, 0) is 97.4 Å². The van der Waals surface area contributed by atoms with E-state index in [2.05, 4.69) is 122 Å². The molecule has 0 fully saturated rings. The molecule has 0 saturated carbocycles. The first kappa shape index (κ1) is 29.7. The van der Waals surface area contributed by atoms with Gasteiger partial charge in [-0.2, -0.15) is 0 Å². The lowest BCUT2D eigenvalue weighted by atomic mass is 9.85. The number of aromatic nitrogens is 2. The number of benzene rings is 8. The second kappa shape index (κ2) is 11.7. The quantitative estimate of drug-likeness (QED) is 0.150. The van der Waals surface area contributed by atoms with Crippen LogP contribution in [0, 0.1) is 6.92 Å². The average molecular weight is 671 g/mol. The van der Waals surface area contributed by atoms with Crippen LogP contribution in [0.25, 0.3) is 99.3 Å². The zero-order valence-electron chi connectivity index (χ0n) is 27.8. The van der Waals surface area contributed by atoms with Crippen molar-refractivity contribution in [3.8, 4) is 44.9 Å². The van der Waals surface area contributed by atoms with Gasteiger partial charge < -0.3 is 4.42 Å². The minimum absolute atomic E-state index is 0.655. The fraction of sp³-hybridized carbons (Fsp3) is 0.0213. The largest absolute Gasteiger partial charge is 0.452 e. The summed E-state index contributed by atoms with van der Waals surface area (Å²) >= 11 is 4.85. The number of thiol groups is 1. The van der Waals surface area contributed by atoms with Crippen LogP contribution >= 0.6 is 12.6 Å². The number of rotatable bonds is 4. The molecule has 8 aromatic carbocycles. The van der Waals surface area contributed by atoms with Gasteiger partial charge in [0, 0.05) is 21.4 Å². The molecule has 0 spiro atoms. The first-order valence-electron chi connectivity index (χ1n) is 17.1. The summed E-state index contributed by atoms with van der Waals surface area (Å²) < 4.78 is 6.45. The third-order valence-corrected chi connectivity index (χ3v) is 10.6. The standard InChI is InChI=1S/C47H30N2OS/c1-28-31(36-19-10-12-25-42(36)51)22-13-23-32(28)39-26-30(27-40-35-18-6-5-16-33(35)34-17-7-8-20-37(34)43(39)40)47-48-44(29-14-3-2-4-15-29)46-45(49-47)38-21-9-11-24-41(38)50-46/h2-27,51H,1H3. The van der Waals surface area contributed by atoms with Crippen molar-refractivity contribution in [1.29, 1.82) is 0 Å². The van der Waals surface area contributed by atoms with E-state index in [9.17, 15) is 0 Å². The highest BCUT2D eigenvalue weighted by Crippen LogP contribution is 2.45. The Bertz CT molecular complexity index is 3000. The topological polar surface area (TPSA) is 38.9 Å². The van der Waals surface area contributed by atoms with Crippen LogP contribution in [0.2, 0.25) is 0 Å². The SMILES string of the molecule is Cc1c(-c2ccccc2S)cccc1-c1cc(-c2nc(-c3ccccc3)c3oc4ccccc4c3n2)cc2c3ccccc3c3ccccc3c12. The van der Waals surface area contributed by atoms with Crippen molar-refractivity contribution < 1.29 is 4.42 Å². The van der Waals surface area contributed by atoms with Crippen LogP contribution in [0.5, 0.6) is 0 Å². The van der Waals surface area contributed by atoms with Gasteiger partial charge in [0.05, 0.1) is 0 Å². The molecule has 0 radical (unpaired) electrons. The lowest BCUT2D eigenvalue weighted by Crippen LogP contribution is -1.97. The van der Waals surface area contributed by atoms with Crippen molar-refractivity contribution in [2.24, 2.45) is 0 Å². The van der Waals surface area contributed by atoms with Crippen LogP contribution in [0.3, 0.4) is 0 Å². The summed E-state index contributed by atoms with van der Waals surface area (Å²) in [6, 6.07) is 55.3. The Hall–Kier alpha value is -6.23. The monoisotopic (exact) mass is 670 g/mol. The molecule has 4 heteroatoms. The molecule has 3 nitrogen and oxygen atoms in total. The van der Waals surface area contributed by atoms with Crippen LogP contribution in [-0.4, -0.2) is 9.97 Å². The minimum atomic E-state index is 0.655. The van der Waals surface area contributed by atoms with Crippen LogP contribution in [-0.2, 0) is 0 Å². The summed E-state index contributed by atoms with van der Waals surface area (Å²) in [5.41, 5.74) is 10.8. The number of fused-ring (bicyclic) bond motifs is 9. The molecule has 0 bridgehead atoms. The van der Waals surface area contributed by atoms with E-state index in [1.807, 2.05) is 42.5 Å². The van der Waals surface area contributed by atoms with Crippen LogP contribution in [0.4, 0.5) is 0 Å². The summed E-state index contributed by atoms with van der Waals surface area (Å²) in [5, 5.41) is 8.22. The average Bonchev–Trinajstić information content (AvgIpc) is 3.57. The van der Waals surface area contributed by atoms with E-state index in [-0.39, 0.29) is 0 Å². The Labute approximate surface area is 300 Å². The first-order chi connectivity index (χ1) is 25.1. The molecule has 0 aliphatic rings. The van der Waals surface area contributed by atoms with E-state index in [1.54, 1.807) is 0 Å². The van der Waals surface area contributed by atoms with Gasteiger partial charge in [-0.25, -0.2) is 9.97 Å². The van der Waals surface area contributed by atoms with E-state index >= 15 is 0 Å². The molecule has 51 heavy (non-hydrogen) atoms. The van der Waals surface area contributed by atoms with Crippen molar-refractivity contribution in [3.63, 3.8) is 0 Å². The van der Waals surface area contributed by atoms with Crippen LogP contribution in [0.15, 0.2) is 167 Å². The van der Waals surface area contributed by atoms with Gasteiger partial charge in [-0.1, -0.05) is 127 Å². The number of nitrogens with zero attached hydrogens (tertiary/aromatic N) is 2. The molecule has 0 saturated heterocycles. The Balaban J connectivity index is 1.35. The van der Waals surface area contributed by atoms with Gasteiger partial charge >= 0.3 is 0 Å². The molecule has 0 N–H and O–H groups in total. The molecular formula is C47H30N2OS. The van der Waals surface area contributed by atoms with Crippen LogP contribution < -0.4 is 0 Å². The normalized spacial score (nSPS) is 11.7. The van der Waals surface area contributed by atoms with Gasteiger partial charge in [0.2, 0.25) is 0 Å². The van der Waals surface area contributed by atoms with Crippen LogP contribution in [0.1, 0.15) is 5.56 Å².